The standard InChI is InChI=1S/C10H10Br2ClNO2/c1-16-10(15)8(12)5-14-9-3-2-6(13)4-7(9)11/h2-4,8,14H,5H2,1H3. The molecule has 0 saturated heterocycles. The normalized spacial score (nSPS) is 12.0. The Kier molecular flexibility index (Phi) is 5.58. The predicted molar refractivity (Wildman–Crippen MR) is 72.4 cm³/mol. The van der Waals surface area contributed by atoms with E-state index < -0.39 is 0 Å². The number of hydrogen-bond donors (Lipinski definition) is 1. The lowest BCUT2D eigenvalue weighted by Gasteiger charge is -2.11. The van der Waals surface area contributed by atoms with Crippen molar-refractivity contribution in [3.05, 3.63) is 27.7 Å². The minimum absolute atomic E-state index is 0.308. The van der Waals surface area contributed by atoms with Gasteiger partial charge in [-0.05, 0) is 34.1 Å². The van der Waals surface area contributed by atoms with Crippen LogP contribution >= 0.6 is 43.5 Å². The Labute approximate surface area is 116 Å². The lowest BCUT2D eigenvalue weighted by Crippen LogP contribution is -2.24. The van der Waals surface area contributed by atoms with E-state index >= 15 is 0 Å². The summed E-state index contributed by atoms with van der Waals surface area (Å²) >= 11 is 12.4. The zero-order valence-corrected chi connectivity index (χ0v) is 12.4. The Hall–Kier alpha value is -0.260. The third kappa shape index (κ3) is 3.96. The van der Waals surface area contributed by atoms with Crippen LogP contribution in [-0.2, 0) is 9.53 Å². The third-order valence-electron chi connectivity index (χ3n) is 1.86. The van der Waals surface area contributed by atoms with E-state index in [4.69, 9.17) is 11.6 Å². The van der Waals surface area contributed by atoms with Gasteiger partial charge in [0.25, 0.3) is 0 Å². The van der Waals surface area contributed by atoms with Crippen molar-refractivity contribution in [3.63, 3.8) is 0 Å². The van der Waals surface area contributed by atoms with Crippen molar-refractivity contribution < 1.29 is 9.53 Å². The first-order chi connectivity index (χ1) is 7.54. The molecular weight excluding hydrogens is 361 g/mol. The van der Waals surface area contributed by atoms with E-state index in [9.17, 15) is 4.79 Å². The molecule has 0 spiro atoms. The van der Waals surface area contributed by atoms with Gasteiger partial charge >= 0.3 is 5.97 Å². The summed E-state index contributed by atoms with van der Waals surface area (Å²) in [5, 5.41) is 3.76. The average molecular weight is 371 g/mol. The Balaban J connectivity index is 2.58. The molecule has 0 aliphatic rings. The largest absolute Gasteiger partial charge is 0.468 e. The van der Waals surface area contributed by atoms with E-state index in [1.807, 2.05) is 6.07 Å². The number of benzene rings is 1. The molecule has 1 rings (SSSR count). The zero-order chi connectivity index (χ0) is 12.1. The summed E-state index contributed by atoms with van der Waals surface area (Å²) in [6, 6.07) is 5.39. The molecule has 0 aromatic heterocycles. The SMILES string of the molecule is COC(=O)C(Br)CNc1ccc(Cl)cc1Br. The van der Waals surface area contributed by atoms with Gasteiger partial charge in [0.1, 0.15) is 4.83 Å². The molecule has 3 nitrogen and oxygen atoms in total. The second kappa shape index (κ2) is 6.47. The average Bonchev–Trinajstić information content (AvgIpc) is 2.26. The van der Waals surface area contributed by atoms with E-state index in [-0.39, 0.29) is 10.8 Å². The molecule has 1 N–H and O–H groups in total. The van der Waals surface area contributed by atoms with E-state index in [1.54, 1.807) is 12.1 Å². The maximum atomic E-state index is 11.1. The van der Waals surface area contributed by atoms with Crippen molar-refractivity contribution in [2.75, 3.05) is 19.0 Å². The van der Waals surface area contributed by atoms with Crippen molar-refractivity contribution in [2.45, 2.75) is 4.83 Å². The molecule has 0 aliphatic heterocycles. The minimum atomic E-state index is -0.375. The fraction of sp³-hybridized carbons (Fsp3) is 0.300. The molecule has 0 heterocycles. The van der Waals surface area contributed by atoms with Gasteiger partial charge in [0.15, 0.2) is 0 Å². The van der Waals surface area contributed by atoms with Crippen molar-refractivity contribution in [3.8, 4) is 0 Å². The van der Waals surface area contributed by atoms with Gasteiger partial charge in [-0.15, -0.1) is 0 Å². The highest BCUT2D eigenvalue weighted by molar-refractivity contribution is 9.10. The first-order valence-corrected chi connectivity index (χ1v) is 6.54. The summed E-state index contributed by atoms with van der Waals surface area (Å²) in [6.45, 7) is 0.437. The van der Waals surface area contributed by atoms with E-state index in [0.29, 0.717) is 11.6 Å². The van der Waals surface area contributed by atoms with Crippen molar-refractivity contribution >= 4 is 55.1 Å². The fourth-order valence-electron chi connectivity index (χ4n) is 1.04. The molecule has 1 unspecified atom stereocenters. The number of methoxy groups -OCH3 is 1. The van der Waals surface area contributed by atoms with Gasteiger partial charge in [0.05, 0.1) is 7.11 Å². The topological polar surface area (TPSA) is 38.3 Å². The maximum absolute atomic E-state index is 11.1. The molecule has 6 heteroatoms. The second-order valence-electron chi connectivity index (χ2n) is 3.00. The number of halogens is 3. The smallest absolute Gasteiger partial charge is 0.321 e. The van der Waals surface area contributed by atoms with Crippen molar-refractivity contribution in [1.29, 1.82) is 0 Å². The molecule has 1 aromatic carbocycles. The van der Waals surface area contributed by atoms with Crippen LogP contribution in [0.15, 0.2) is 22.7 Å². The number of ether oxygens (including phenoxy) is 1. The minimum Gasteiger partial charge on any atom is -0.468 e. The van der Waals surface area contributed by atoms with Gasteiger partial charge in [-0.1, -0.05) is 27.5 Å². The lowest BCUT2D eigenvalue weighted by atomic mass is 10.3. The lowest BCUT2D eigenvalue weighted by molar-refractivity contribution is -0.139. The predicted octanol–water partition coefficient (Wildman–Crippen LogP) is 3.45. The van der Waals surface area contributed by atoms with Crippen LogP contribution < -0.4 is 5.32 Å². The molecule has 0 radical (unpaired) electrons. The molecule has 0 bridgehead atoms. The van der Waals surface area contributed by atoms with Crippen LogP contribution in [0.3, 0.4) is 0 Å². The van der Waals surface area contributed by atoms with Gasteiger partial charge in [-0.25, -0.2) is 0 Å². The maximum Gasteiger partial charge on any atom is 0.321 e. The highest BCUT2D eigenvalue weighted by atomic mass is 79.9. The Bertz CT molecular complexity index is 387. The summed E-state index contributed by atoms with van der Waals surface area (Å²) in [5.74, 6) is -0.308. The molecule has 16 heavy (non-hydrogen) atoms. The first-order valence-electron chi connectivity index (χ1n) is 4.45. The zero-order valence-electron chi connectivity index (χ0n) is 8.47. The summed E-state index contributed by atoms with van der Waals surface area (Å²) < 4.78 is 5.44. The van der Waals surface area contributed by atoms with Gasteiger partial charge in [0, 0.05) is 21.7 Å². The van der Waals surface area contributed by atoms with E-state index in [2.05, 4.69) is 41.9 Å². The van der Waals surface area contributed by atoms with Crippen molar-refractivity contribution in [2.24, 2.45) is 0 Å². The molecule has 1 aromatic rings. The van der Waals surface area contributed by atoms with Crippen LogP contribution in [0.5, 0.6) is 0 Å². The summed E-state index contributed by atoms with van der Waals surface area (Å²) in [7, 11) is 1.36. The van der Waals surface area contributed by atoms with Crippen LogP contribution in [0.4, 0.5) is 5.69 Å². The highest BCUT2D eigenvalue weighted by Gasteiger charge is 2.14. The van der Waals surface area contributed by atoms with Gasteiger partial charge < -0.3 is 10.1 Å². The van der Waals surface area contributed by atoms with Crippen LogP contribution in [0.2, 0.25) is 5.02 Å². The molecule has 1 atom stereocenters. The number of rotatable bonds is 4. The second-order valence-corrected chi connectivity index (χ2v) is 5.39. The number of carbonyl (C=O) groups is 1. The van der Waals surface area contributed by atoms with Crippen LogP contribution in [0, 0.1) is 0 Å². The molecule has 88 valence electrons. The number of hydrogen-bond acceptors (Lipinski definition) is 3. The Morgan fingerprint density at radius 1 is 1.62 bits per heavy atom. The van der Waals surface area contributed by atoms with Crippen LogP contribution in [0.25, 0.3) is 0 Å². The molecule has 0 saturated carbocycles. The number of alkyl halides is 1. The molecule has 0 fully saturated rings. The highest BCUT2D eigenvalue weighted by Crippen LogP contribution is 2.26. The van der Waals surface area contributed by atoms with E-state index in [0.717, 1.165) is 10.2 Å². The molecular formula is C10H10Br2ClNO2. The number of carbonyl (C=O) groups excluding carboxylic acids is 1. The molecule has 0 aliphatic carbocycles. The Morgan fingerprint density at radius 2 is 2.31 bits per heavy atom. The first kappa shape index (κ1) is 13.8. The summed E-state index contributed by atoms with van der Waals surface area (Å²) in [5.41, 5.74) is 0.873. The third-order valence-corrected chi connectivity index (χ3v) is 3.45. The quantitative estimate of drug-likeness (QED) is 0.651. The number of nitrogens with one attached hydrogen (secondary N) is 1. The van der Waals surface area contributed by atoms with Crippen LogP contribution in [-0.4, -0.2) is 24.5 Å². The molecule has 0 amide bonds. The van der Waals surface area contributed by atoms with Gasteiger partial charge in [-0.3, -0.25) is 4.79 Å². The number of esters is 1. The monoisotopic (exact) mass is 369 g/mol. The number of anilines is 1. The van der Waals surface area contributed by atoms with E-state index in [1.165, 1.54) is 7.11 Å². The van der Waals surface area contributed by atoms with Gasteiger partial charge in [0.2, 0.25) is 0 Å². The summed E-state index contributed by atoms with van der Waals surface area (Å²) in [6.07, 6.45) is 0. The fourth-order valence-corrected chi connectivity index (χ4v) is 2.22. The summed E-state index contributed by atoms with van der Waals surface area (Å²) in [4.78, 5) is 10.8. The Morgan fingerprint density at radius 3 is 2.88 bits per heavy atom. The van der Waals surface area contributed by atoms with Crippen LogP contribution in [0.1, 0.15) is 0 Å². The van der Waals surface area contributed by atoms with Gasteiger partial charge in [-0.2, -0.15) is 0 Å². The van der Waals surface area contributed by atoms with Crippen molar-refractivity contribution in [1.82, 2.24) is 0 Å².